The summed E-state index contributed by atoms with van der Waals surface area (Å²) in [4.78, 5) is 0. The van der Waals surface area contributed by atoms with Gasteiger partial charge in [0.05, 0.1) is 19.3 Å². The average molecular weight is 517 g/mol. The number of hydrogen-bond acceptors (Lipinski definition) is 3. The van der Waals surface area contributed by atoms with Crippen molar-refractivity contribution in [2.24, 2.45) is 17.8 Å². The monoisotopic (exact) mass is 516 g/mol. The predicted octanol–water partition coefficient (Wildman–Crippen LogP) is 8.53. The minimum Gasteiger partial charge on any atom is -0.490 e. The highest BCUT2D eigenvalue weighted by atomic mass is 19.2. The normalized spacial score (nSPS) is 25.2. The molecule has 0 spiro atoms. The summed E-state index contributed by atoms with van der Waals surface area (Å²) in [6.07, 6.45) is 11.6. The third-order valence-corrected chi connectivity index (χ3v) is 8.56. The lowest BCUT2D eigenvalue weighted by Crippen LogP contribution is -2.35. The number of ether oxygens (including phenoxy) is 3. The molecular weight excluding hydrogens is 477 g/mol. The van der Waals surface area contributed by atoms with Crippen LogP contribution < -0.4 is 9.47 Å². The molecular formula is C31H39F3O3. The van der Waals surface area contributed by atoms with Crippen LogP contribution in [0.4, 0.5) is 13.2 Å². The van der Waals surface area contributed by atoms with Gasteiger partial charge in [-0.05, 0) is 61.6 Å². The van der Waals surface area contributed by atoms with Gasteiger partial charge in [0.1, 0.15) is 0 Å². The van der Waals surface area contributed by atoms with Crippen LogP contribution in [0, 0.1) is 35.2 Å². The molecule has 1 aliphatic carbocycles. The number of hydrogen-bond donors (Lipinski definition) is 0. The standard InChI is InChI=1S/C31H39F3O3/c1-3-5-19-7-10-21(11-8-19)25-13-9-20(17-35-25)18-36-26-14-12-23-16-24-15-22(6-4-2)27(32)29(34)31(24)37-30(23)28(26)33/h12,14-15,19-21,25H,3-11,13,16-18H2,1-2H3. The highest BCUT2D eigenvalue weighted by Gasteiger charge is 2.32. The summed E-state index contributed by atoms with van der Waals surface area (Å²) in [7, 11) is 0. The minimum atomic E-state index is -1.05. The molecule has 6 heteroatoms. The molecule has 2 fully saturated rings. The molecule has 2 atom stereocenters. The molecule has 2 aromatic carbocycles. The van der Waals surface area contributed by atoms with Gasteiger partial charge in [0.2, 0.25) is 11.6 Å². The molecule has 2 aliphatic heterocycles. The van der Waals surface area contributed by atoms with Crippen molar-refractivity contribution in [1.29, 1.82) is 0 Å². The summed E-state index contributed by atoms with van der Waals surface area (Å²) >= 11 is 0. The van der Waals surface area contributed by atoms with Crippen LogP contribution in [0.1, 0.15) is 88.3 Å². The number of halogens is 3. The first-order valence-electron chi connectivity index (χ1n) is 14.2. The Morgan fingerprint density at radius 3 is 2.30 bits per heavy atom. The molecule has 3 nitrogen and oxygen atoms in total. The van der Waals surface area contributed by atoms with Gasteiger partial charge in [-0.3, -0.25) is 0 Å². The maximum Gasteiger partial charge on any atom is 0.207 e. The summed E-state index contributed by atoms with van der Waals surface area (Å²) in [5.74, 6) is -1.11. The molecule has 5 rings (SSSR count). The fourth-order valence-corrected chi connectivity index (χ4v) is 6.45. The smallest absolute Gasteiger partial charge is 0.207 e. The van der Waals surface area contributed by atoms with E-state index in [0.717, 1.165) is 18.8 Å². The van der Waals surface area contributed by atoms with E-state index >= 15 is 4.39 Å². The topological polar surface area (TPSA) is 27.7 Å². The molecule has 0 radical (unpaired) electrons. The summed E-state index contributed by atoms with van der Waals surface area (Å²) in [6.45, 7) is 5.16. The van der Waals surface area contributed by atoms with Crippen molar-refractivity contribution in [2.75, 3.05) is 13.2 Å². The maximum absolute atomic E-state index is 15.3. The van der Waals surface area contributed by atoms with Gasteiger partial charge in [0, 0.05) is 23.5 Å². The van der Waals surface area contributed by atoms with E-state index in [4.69, 9.17) is 14.2 Å². The van der Waals surface area contributed by atoms with Gasteiger partial charge in [-0.2, -0.15) is 8.78 Å². The number of fused-ring (bicyclic) bond motifs is 2. The first-order chi connectivity index (χ1) is 18.0. The van der Waals surface area contributed by atoms with E-state index in [2.05, 4.69) is 6.92 Å². The zero-order chi connectivity index (χ0) is 25.9. The molecule has 1 saturated heterocycles. The van der Waals surface area contributed by atoms with Crippen molar-refractivity contribution < 1.29 is 27.4 Å². The third-order valence-electron chi connectivity index (χ3n) is 8.56. The molecule has 3 aliphatic rings. The minimum absolute atomic E-state index is 0.0713. The van der Waals surface area contributed by atoms with Crippen molar-refractivity contribution >= 4 is 0 Å². The van der Waals surface area contributed by atoms with Gasteiger partial charge in [-0.15, -0.1) is 0 Å². The van der Waals surface area contributed by atoms with Gasteiger partial charge in [-0.1, -0.05) is 52.0 Å². The molecule has 202 valence electrons. The quantitative estimate of drug-likeness (QED) is 0.300. The van der Waals surface area contributed by atoms with Gasteiger partial charge < -0.3 is 14.2 Å². The Bertz CT molecular complexity index is 1090. The molecule has 2 aromatic rings. The molecule has 2 heterocycles. The predicted molar refractivity (Wildman–Crippen MR) is 138 cm³/mol. The van der Waals surface area contributed by atoms with E-state index in [1.54, 1.807) is 18.2 Å². The van der Waals surface area contributed by atoms with Crippen LogP contribution in [0.25, 0.3) is 0 Å². The average Bonchev–Trinajstić information content (AvgIpc) is 2.92. The van der Waals surface area contributed by atoms with Crippen molar-refractivity contribution in [2.45, 2.75) is 90.6 Å². The highest BCUT2D eigenvalue weighted by molar-refractivity contribution is 5.54. The number of aryl methyl sites for hydroxylation is 1. The van der Waals surface area contributed by atoms with Gasteiger partial charge in [0.15, 0.2) is 23.1 Å². The molecule has 0 bridgehead atoms. The van der Waals surface area contributed by atoms with E-state index in [0.29, 0.717) is 54.8 Å². The fourth-order valence-electron chi connectivity index (χ4n) is 6.45. The van der Waals surface area contributed by atoms with E-state index in [9.17, 15) is 8.78 Å². The van der Waals surface area contributed by atoms with E-state index < -0.39 is 17.5 Å². The van der Waals surface area contributed by atoms with E-state index in [1.165, 1.54) is 38.5 Å². The fraction of sp³-hybridized carbons (Fsp3) is 0.613. The lowest BCUT2D eigenvalue weighted by atomic mass is 9.76. The Morgan fingerprint density at radius 1 is 0.838 bits per heavy atom. The van der Waals surface area contributed by atoms with Crippen molar-refractivity contribution in [1.82, 2.24) is 0 Å². The molecule has 0 amide bonds. The van der Waals surface area contributed by atoms with Crippen LogP contribution in [0.15, 0.2) is 18.2 Å². The zero-order valence-electron chi connectivity index (χ0n) is 22.1. The maximum atomic E-state index is 15.3. The lowest BCUT2D eigenvalue weighted by Gasteiger charge is -2.37. The lowest BCUT2D eigenvalue weighted by molar-refractivity contribution is -0.0655. The van der Waals surface area contributed by atoms with Crippen molar-refractivity contribution in [3.05, 3.63) is 52.3 Å². The van der Waals surface area contributed by atoms with E-state index in [-0.39, 0.29) is 29.6 Å². The summed E-state index contributed by atoms with van der Waals surface area (Å²) in [5.41, 5.74) is 1.46. The SMILES string of the molecule is CCCc1cc2c(c(F)c1F)Oc1c(ccc(OCC3CCC(C4CCC(CCC)CC4)OC3)c1F)C2. The Labute approximate surface area is 218 Å². The van der Waals surface area contributed by atoms with Crippen LogP contribution in [-0.2, 0) is 17.6 Å². The van der Waals surface area contributed by atoms with E-state index in [1.807, 2.05) is 6.92 Å². The Hall–Kier alpha value is -2.21. The second-order valence-electron chi connectivity index (χ2n) is 11.2. The van der Waals surface area contributed by atoms with Crippen LogP contribution >= 0.6 is 0 Å². The zero-order valence-corrected chi connectivity index (χ0v) is 22.1. The van der Waals surface area contributed by atoms with Crippen molar-refractivity contribution in [3.8, 4) is 17.2 Å². The Kier molecular flexibility index (Phi) is 8.33. The molecule has 0 N–H and O–H groups in total. The molecule has 1 saturated carbocycles. The Morgan fingerprint density at radius 2 is 1.59 bits per heavy atom. The van der Waals surface area contributed by atoms with Gasteiger partial charge in [-0.25, -0.2) is 4.39 Å². The van der Waals surface area contributed by atoms with Crippen LogP contribution in [0.2, 0.25) is 0 Å². The third kappa shape index (κ3) is 5.64. The van der Waals surface area contributed by atoms with Crippen molar-refractivity contribution in [3.63, 3.8) is 0 Å². The molecule has 37 heavy (non-hydrogen) atoms. The van der Waals surface area contributed by atoms with Crippen LogP contribution in [-0.4, -0.2) is 19.3 Å². The van der Waals surface area contributed by atoms with Gasteiger partial charge >= 0.3 is 0 Å². The second kappa shape index (κ2) is 11.7. The number of benzene rings is 2. The molecule has 2 unspecified atom stereocenters. The summed E-state index contributed by atoms with van der Waals surface area (Å²) in [6, 6.07) is 4.99. The summed E-state index contributed by atoms with van der Waals surface area (Å²) < 4.78 is 62.2. The largest absolute Gasteiger partial charge is 0.490 e. The first-order valence-corrected chi connectivity index (χ1v) is 14.2. The first kappa shape index (κ1) is 26.4. The van der Waals surface area contributed by atoms with Crippen LogP contribution in [0.3, 0.4) is 0 Å². The Balaban J connectivity index is 1.17. The highest BCUT2D eigenvalue weighted by Crippen LogP contribution is 2.44. The van der Waals surface area contributed by atoms with Crippen LogP contribution in [0.5, 0.6) is 17.2 Å². The van der Waals surface area contributed by atoms with Gasteiger partial charge in [0.25, 0.3) is 0 Å². The summed E-state index contributed by atoms with van der Waals surface area (Å²) in [5, 5.41) is 0. The molecule has 0 aromatic heterocycles. The second-order valence-corrected chi connectivity index (χ2v) is 11.2. The number of rotatable bonds is 8.